The Morgan fingerprint density at radius 1 is 1.00 bits per heavy atom. The summed E-state index contributed by atoms with van der Waals surface area (Å²) in [4.78, 5) is 57.9. The van der Waals surface area contributed by atoms with Gasteiger partial charge in [-0.15, -0.1) is 11.3 Å². The van der Waals surface area contributed by atoms with Crippen molar-refractivity contribution < 1.29 is 23.9 Å². The Balaban J connectivity index is 1.17. The van der Waals surface area contributed by atoms with Gasteiger partial charge in [-0.3, -0.25) is 34.6 Å². The third kappa shape index (κ3) is 4.88. The molecule has 4 aliphatic heterocycles. The van der Waals surface area contributed by atoms with Crippen molar-refractivity contribution in [2.75, 3.05) is 58.2 Å². The zero-order chi connectivity index (χ0) is 29.4. The highest BCUT2D eigenvalue weighted by atomic mass is 32.1. The van der Waals surface area contributed by atoms with E-state index in [0.717, 1.165) is 55.2 Å². The molecule has 4 fully saturated rings. The molecule has 1 aromatic heterocycles. The van der Waals surface area contributed by atoms with Crippen LogP contribution in [0.15, 0.2) is 18.2 Å². The normalized spacial score (nSPS) is 21.5. The number of carbonyl (C=O) groups is 4. The van der Waals surface area contributed by atoms with Crippen LogP contribution in [0.25, 0.3) is 10.1 Å². The molecule has 42 heavy (non-hydrogen) atoms. The molecule has 6 rings (SSSR count). The molecule has 0 bridgehead atoms. The van der Waals surface area contributed by atoms with Crippen molar-refractivity contribution in [3.8, 4) is 5.75 Å². The number of anilines is 1. The molecule has 226 valence electrons. The van der Waals surface area contributed by atoms with Crippen molar-refractivity contribution in [1.82, 2.24) is 25.1 Å². The third-order valence-electron chi connectivity index (χ3n) is 9.29. The Hall–Kier alpha value is -3.38. The summed E-state index contributed by atoms with van der Waals surface area (Å²) in [6, 6.07) is 5.45. The molecule has 1 aromatic carbocycles. The number of nitrogens with one attached hydrogen (secondary N) is 2. The minimum Gasteiger partial charge on any atom is -0.495 e. The second kappa shape index (κ2) is 11.7. The lowest BCUT2D eigenvalue weighted by atomic mass is 9.78. The predicted octanol–water partition coefficient (Wildman–Crippen LogP) is 3.51. The van der Waals surface area contributed by atoms with E-state index >= 15 is 0 Å². The summed E-state index contributed by atoms with van der Waals surface area (Å²) in [7, 11) is 1.60. The van der Waals surface area contributed by atoms with Gasteiger partial charge < -0.3 is 15.0 Å². The number of thiophene rings is 1. The quantitative estimate of drug-likeness (QED) is 0.511. The summed E-state index contributed by atoms with van der Waals surface area (Å²) in [6.07, 6.45) is 5.88. The molecular formula is C30H40N6O5S. The van der Waals surface area contributed by atoms with Gasteiger partial charge in [-0.05, 0) is 64.5 Å². The minimum atomic E-state index is -0.961. The van der Waals surface area contributed by atoms with Crippen LogP contribution in [-0.4, -0.2) is 103 Å². The predicted molar refractivity (Wildman–Crippen MR) is 161 cm³/mol. The first-order valence-corrected chi connectivity index (χ1v) is 16.0. The lowest BCUT2D eigenvalue weighted by Crippen LogP contribution is -2.56. The molecule has 0 aliphatic carbocycles. The van der Waals surface area contributed by atoms with E-state index in [0.29, 0.717) is 62.0 Å². The smallest absolute Gasteiger partial charge is 0.319 e. The Morgan fingerprint density at radius 3 is 2.38 bits per heavy atom. The second-order valence-corrected chi connectivity index (χ2v) is 12.7. The van der Waals surface area contributed by atoms with Gasteiger partial charge in [0.2, 0.25) is 0 Å². The Labute approximate surface area is 250 Å². The Bertz CT molecular complexity index is 1360. The van der Waals surface area contributed by atoms with Crippen molar-refractivity contribution in [2.24, 2.45) is 5.41 Å². The molecule has 5 heterocycles. The average molecular weight is 597 g/mol. The molecule has 4 saturated heterocycles. The van der Waals surface area contributed by atoms with Crippen molar-refractivity contribution in [3.05, 3.63) is 23.8 Å². The monoisotopic (exact) mass is 596 g/mol. The first-order valence-electron chi connectivity index (χ1n) is 15.2. The molecular weight excluding hydrogens is 556 g/mol. The van der Waals surface area contributed by atoms with Gasteiger partial charge in [-0.2, -0.15) is 0 Å². The number of benzene rings is 1. The molecule has 2 N–H and O–H groups in total. The summed E-state index contributed by atoms with van der Waals surface area (Å²) in [5, 5.41) is 10.3. The molecule has 0 saturated carbocycles. The number of methoxy groups -OCH3 is 1. The van der Waals surface area contributed by atoms with Crippen LogP contribution >= 0.6 is 11.3 Å². The zero-order valence-electron chi connectivity index (χ0n) is 24.4. The van der Waals surface area contributed by atoms with E-state index < -0.39 is 5.41 Å². The fourth-order valence-corrected chi connectivity index (χ4v) is 8.33. The van der Waals surface area contributed by atoms with Crippen LogP contribution in [0.1, 0.15) is 62.2 Å². The van der Waals surface area contributed by atoms with Crippen LogP contribution in [0.3, 0.4) is 0 Å². The zero-order valence-corrected chi connectivity index (χ0v) is 25.3. The van der Waals surface area contributed by atoms with E-state index in [1.807, 2.05) is 30.0 Å². The molecule has 5 amide bonds. The van der Waals surface area contributed by atoms with Crippen molar-refractivity contribution in [2.45, 2.75) is 57.9 Å². The highest BCUT2D eigenvalue weighted by Crippen LogP contribution is 2.43. The number of amides is 5. The largest absolute Gasteiger partial charge is 0.495 e. The fraction of sp³-hybridized carbons (Fsp3) is 0.600. The number of ether oxygens (including phenoxy) is 1. The molecule has 11 nitrogen and oxygen atoms in total. The van der Waals surface area contributed by atoms with E-state index in [2.05, 4.69) is 15.5 Å². The van der Waals surface area contributed by atoms with Gasteiger partial charge >= 0.3 is 6.03 Å². The fourth-order valence-electron chi connectivity index (χ4n) is 7.15. The number of piperidine rings is 2. The van der Waals surface area contributed by atoms with E-state index in [-0.39, 0.29) is 29.8 Å². The standard InChI is InChI=1S/C30H40N6O5S/c1-3-31-29(40)32-25-23(21-9-7-10-22(41-2)24(21)42-25)26(37)33-17-11-20(12-18-33)34-14-8-13-30(19-34)27(38)35-15-5-4-6-16-36(35)28(30)39/h7,9-10,20H,3-6,8,11-19H2,1-2H3,(H2,31,32,40). The maximum absolute atomic E-state index is 14.0. The summed E-state index contributed by atoms with van der Waals surface area (Å²) < 4.78 is 6.36. The van der Waals surface area contributed by atoms with Crippen molar-refractivity contribution >= 4 is 50.2 Å². The Morgan fingerprint density at radius 2 is 1.71 bits per heavy atom. The second-order valence-electron chi connectivity index (χ2n) is 11.7. The molecule has 0 atom stereocenters. The van der Waals surface area contributed by atoms with E-state index in [1.54, 1.807) is 17.1 Å². The molecule has 0 radical (unpaired) electrons. The SMILES string of the molecule is CCNC(=O)Nc1sc2c(OC)cccc2c1C(=O)N1CCC(N2CCCC3(C2)C(=O)N2CCCCCN2C3=O)CC1. The number of hydrazine groups is 1. The molecule has 0 unspecified atom stereocenters. The number of urea groups is 1. The topological polar surface area (TPSA) is 115 Å². The lowest BCUT2D eigenvalue weighted by Gasteiger charge is -2.44. The van der Waals surface area contributed by atoms with E-state index in [1.165, 1.54) is 11.3 Å². The first kappa shape index (κ1) is 28.7. The van der Waals surface area contributed by atoms with Crippen LogP contribution in [0.4, 0.5) is 9.80 Å². The minimum absolute atomic E-state index is 0.0152. The summed E-state index contributed by atoms with van der Waals surface area (Å²) in [5.41, 5.74) is -0.476. The van der Waals surface area contributed by atoms with Gasteiger partial charge in [0.1, 0.15) is 16.2 Å². The summed E-state index contributed by atoms with van der Waals surface area (Å²) in [5.74, 6) is 0.515. The molecule has 2 aromatic rings. The number of nitrogens with zero attached hydrogens (tertiary/aromatic N) is 4. The van der Waals surface area contributed by atoms with Gasteiger partial charge in [-0.25, -0.2) is 4.79 Å². The van der Waals surface area contributed by atoms with Crippen LogP contribution in [-0.2, 0) is 9.59 Å². The summed E-state index contributed by atoms with van der Waals surface area (Å²) >= 11 is 1.34. The average Bonchev–Trinajstić information content (AvgIpc) is 3.30. The Kier molecular flexibility index (Phi) is 8.01. The third-order valence-corrected chi connectivity index (χ3v) is 10.4. The number of hydrogen-bond acceptors (Lipinski definition) is 7. The van der Waals surface area contributed by atoms with Crippen LogP contribution in [0.2, 0.25) is 0 Å². The number of hydrogen-bond donors (Lipinski definition) is 2. The molecule has 4 aliphatic rings. The maximum atomic E-state index is 14.0. The van der Waals surface area contributed by atoms with Gasteiger partial charge in [-0.1, -0.05) is 12.1 Å². The molecule has 1 spiro atoms. The first-order chi connectivity index (χ1) is 20.4. The highest BCUT2D eigenvalue weighted by molar-refractivity contribution is 7.23. The van der Waals surface area contributed by atoms with E-state index in [9.17, 15) is 19.2 Å². The highest BCUT2D eigenvalue weighted by Gasteiger charge is 2.60. The number of likely N-dealkylation sites (tertiary alicyclic amines) is 2. The van der Waals surface area contributed by atoms with Crippen molar-refractivity contribution in [3.63, 3.8) is 0 Å². The van der Waals surface area contributed by atoms with Crippen LogP contribution in [0, 0.1) is 5.41 Å². The van der Waals surface area contributed by atoms with Crippen LogP contribution in [0.5, 0.6) is 5.75 Å². The lowest BCUT2D eigenvalue weighted by molar-refractivity contribution is -0.145. The van der Waals surface area contributed by atoms with Gasteiger partial charge in [0.05, 0.1) is 17.4 Å². The van der Waals surface area contributed by atoms with Crippen LogP contribution < -0.4 is 15.4 Å². The van der Waals surface area contributed by atoms with Gasteiger partial charge in [0.25, 0.3) is 17.7 Å². The number of carbonyl (C=O) groups excluding carboxylic acids is 4. The molecule has 12 heteroatoms. The van der Waals surface area contributed by atoms with Crippen molar-refractivity contribution in [1.29, 1.82) is 0 Å². The van der Waals surface area contributed by atoms with Gasteiger partial charge in [0.15, 0.2) is 0 Å². The number of fused-ring (bicyclic) bond motifs is 2. The summed E-state index contributed by atoms with van der Waals surface area (Å²) in [6.45, 7) is 6.03. The van der Waals surface area contributed by atoms with Gasteiger partial charge in [0, 0.05) is 50.7 Å². The van der Waals surface area contributed by atoms with E-state index in [4.69, 9.17) is 4.74 Å². The maximum Gasteiger partial charge on any atom is 0.319 e. The number of rotatable bonds is 5.